The van der Waals surface area contributed by atoms with Crippen LogP contribution in [0.1, 0.15) is 47.5 Å². The summed E-state index contributed by atoms with van der Waals surface area (Å²) in [7, 11) is 3.82. The van der Waals surface area contributed by atoms with Gasteiger partial charge in [-0.15, -0.1) is 24.0 Å². The molecule has 0 bridgehead atoms. The zero-order chi connectivity index (χ0) is 22.6. The maximum atomic E-state index is 12.4. The predicted octanol–water partition coefficient (Wildman–Crippen LogP) is 3.12. The van der Waals surface area contributed by atoms with Crippen molar-refractivity contribution in [1.82, 2.24) is 20.0 Å². The van der Waals surface area contributed by atoms with E-state index in [4.69, 9.17) is 14.5 Å². The predicted molar refractivity (Wildman–Crippen MR) is 139 cm³/mol. The molecule has 0 aromatic rings. The van der Waals surface area contributed by atoms with Gasteiger partial charge in [-0.1, -0.05) is 0 Å². The molecule has 1 N–H and O–H groups in total. The van der Waals surface area contributed by atoms with Crippen LogP contribution in [0.3, 0.4) is 0 Å². The third-order valence-electron chi connectivity index (χ3n) is 5.18. The third kappa shape index (κ3) is 12.7. The first-order chi connectivity index (χ1) is 14.2. The van der Waals surface area contributed by atoms with Gasteiger partial charge in [-0.3, -0.25) is 4.99 Å². The summed E-state index contributed by atoms with van der Waals surface area (Å²) >= 11 is 0. The zero-order valence-electron chi connectivity index (χ0n) is 20.8. The zero-order valence-corrected chi connectivity index (χ0v) is 23.1. The van der Waals surface area contributed by atoms with Crippen LogP contribution < -0.4 is 5.32 Å². The van der Waals surface area contributed by atoms with E-state index in [1.807, 2.05) is 32.6 Å². The van der Waals surface area contributed by atoms with E-state index in [2.05, 4.69) is 29.1 Å². The number of likely N-dealkylation sites (tertiary alicyclic amines) is 1. The Hall–Kier alpha value is -0.810. The van der Waals surface area contributed by atoms with E-state index in [9.17, 15) is 4.79 Å². The molecule has 1 rings (SSSR count). The highest BCUT2D eigenvalue weighted by Gasteiger charge is 2.27. The standard InChI is InChI=1S/C22H45N5O3.HI/c1-8-23-20(24-12-15-25(6)16-17-29-7)27-13-10-19(11-14-27)18-26(9-2)21(28)30-22(3,4)5;/h19H,8-18H2,1-7H3,(H,23,24);1H. The Labute approximate surface area is 207 Å². The van der Waals surface area contributed by atoms with Gasteiger partial charge in [0.1, 0.15) is 5.60 Å². The van der Waals surface area contributed by atoms with Crippen LogP contribution in [0.5, 0.6) is 0 Å². The molecule has 1 heterocycles. The van der Waals surface area contributed by atoms with Crippen LogP contribution in [0.15, 0.2) is 4.99 Å². The van der Waals surface area contributed by atoms with Gasteiger partial charge in [0.2, 0.25) is 0 Å². The normalized spacial score (nSPS) is 15.6. The minimum atomic E-state index is -0.456. The van der Waals surface area contributed by atoms with Crippen LogP contribution in [-0.2, 0) is 9.47 Å². The summed E-state index contributed by atoms with van der Waals surface area (Å²) < 4.78 is 10.7. The lowest BCUT2D eigenvalue weighted by Crippen LogP contribution is -2.48. The van der Waals surface area contributed by atoms with E-state index in [0.29, 0.717) is 12.5 Å². The van der Waals surface area contributed by atoms with E-state index < -0.39 is 5.60 Å². The average Bonchev–Trinajstić information content (AvgIpc) is 2.69. The Kier molecular flexibility index (Phi) is 15.5. The van der Waals surface area contributed by atoms with Crippen molar-refractivity contribution < 1.29 is 14.3 Å². The summed E-state index contributed by atoms with van der Waals surface area (Å²) in [5.74, 6) is 1.49. The van der Waals surface area contributed by atoms with Gasteiger partial charge >= 0.3 is 6.09 Å². The Bertz CT molecular complexity index is 520. The maximum absolute atomic E-state index is 12.4. The van der Waals surface area contributed by atoms with Crippen LogP contribution >= 0.6 is 24.0 Å². The van der Waals surface area contributed by atoms with Gasteiger partial charge in [-0.2, -0.15) is 0 Å². The van der Waals surface area contributed by atoms with Crippen LogP contribution in [0.2, 0.25) is 0 Å². The van der Waals surface area contributed by atoms with Crippen molar-refractivity contribution in [3.8, 4) is 0 Å². The fourth-order valence-electron chi connectivity index (χ4n) is 3.41. The molecule has 1 aliphatic heterocycles. The van der Waals surface area contributed by atoms with Crippen LogP contribution in [0.4, 0.5) is 4.79 Å². The molecule has 0 spiro atoms. The minimum absolute atomic E-state index is 0. The highest BCUT2D eigenvalue weighted by atomic mass is 127. The molecule has 0 aromatic carbocycles. The van der Waals surface area contributed by atoms with Gasteiger partial charge in [0.15, 0.2) is 5.96 Å². The molecule has 8 nitrogen and oxygen atoms in total. The quantitative estimate of drug-likeness (QED) is 0.254. The lowest BCUT2D eigenvalue weighted by Gasteiger charge is -2.36. The molecule has 1 aliphatic rings. The number of ether oxygens (including phenoxy) is 2. The minimum Gasteiger partial charge on any atom is -0.444 e. The molecule has 0 unspecified atom stereocenters. The first kappa shape index (κ1) is 30.2. The molecule has 31 heavy (non-hydrogen) atoms. The molecule has 0 saturated carbocycles. The number of guanidine groups is 1. The fourth-order valence-corrected chi connectivity index (χ4v) is 3.41. The molecule has 9 heteroatoms. The number of piperidine rings is 1. The van der Waals surface area contributed by atoms with Crippen LogP contribution in [-0.4, -0.2) is 105 Å². The van der Waals surface area contributed by atoms with Crippen molar-refractivity contribution in [3.63, 3.8) is 0 Å². The number of nitrogens with zero attached hydrogens (tertiary/aromatic N) is 4. The lowest BCUT2D eigenvalue weighted by atomic mass is 9.96. The second-order valence-corrected chi connectivity index (χ2v) is 8.98. The van der Waals surface area contributed by atoms with E-state index in [1.54, 1.807) is 7.11 Å². The molecule has 0 radical (unpaired) electrons. The number of methoxy groups -OCH3 is 1. The van der Waals surface area contributed by atoms with Crippen LogP contribution in [0.25, 0.3) is 0 Å². The van der Waals surface area contributed by atoms with Crippen molar-refractivity contribution in [1.29, 1.82) is 0 Å². The average molecular weight is 556 g/mol. The number of rotatable bonds is 10. The highest BCUT2D eigenvalue weighted by molar-refractivity contribution is 14.0. The summed E-state index contributed by atoms with van der Waals surface area (Å²) in [5.41, 5.74) is -0.456. The van der Waals surface area contributed by atoms with Gasteiger partial charge in [-0.05, 0) is 60.4 Å². The van der Waals surface area contributed by atoms with Crippen molar-refractivity contribution in [2.75, 3.05) is 73.1 Å². The number of halogens is 1. The largest absolute Gasteiger partial charge is 0.444 e. The Morgan fingerprint density at radius 2 is 1.84 bits per heavy atom. The monoisotopic (exact) mass is 555 g/mol. The highest BCUT2D eigenvalue weighted by Crippen LogP contribution is 2.20. The molecule has 0 aliphatic carbocycles. The Morgan fingerprint density at radius 3 is 2.35 bits per heavy atom. The first-order valence-electron chi connectivity index (χ1n) is 11.4. The molecule has 1 fully saturated rings. The molecule has 1 saturated heterocycles. The lowest BCUT2D eigenvalue weighted by molar-refractivity contribution is 0.0214. The molecular weight excluding hydrogens is 509 g/mol. The number of nitrogens with one attached hydrogen (secondary N) is 1. The maximum Gasteiger partial charge on any atom is 0.410 e. The molecule has 1 amide bonds. The van der Waals surface area contributed by atoms with Crippen molar-refractivity contribution >= 4 is 36.0 Å². The third-order valence-corrected chi connectivity index (χ3v) is 5.18. The number of carbonyl (C=O) groups excluding carboxylic acids is 1. The summed E-state index contributed by atoms with van der Waals surface area (Å²) in [6, 6.07) is 0. The molecular formula is C22H46IN5O3. The number of hydrogen-bond acceptors (Lipinski definition) is 5. The fraction of sp³-hybridized carbons (Fsp3) is 0.909. The van der Waals surface area contributed by atoms with Gasteiger partial charge in [-0.25, -0.2) is 4.79 Å². The number of hydrogen-bond donors (Lipinski definition) is 1. The molecule has 0 aromatic heterocycles. The van der Waals surface area contributed by atoms with E-state index >= 15 is 0 Å². The summed E-state index contributed by atoms with van der Waals surface area (Å²) in [5, 5.41) is 3.43. The summed E-state index contributed by atoms with van der Waals surface area (Å²) in [6.07, 6.45) is 1.90. The molecule has 0 atom stereocenters. The van der Waals surface area contributed by atoms with E-state index in [-0.39, 0.29) is 30.1 Å². The van der Waals surface area contributed by atoms with Gasteiger partial charge in [0, 0.05) is 52.9 Å². The summed E-state index contributed by atoms with van der Waals surface area (Å²) in [6.45, 7) is 17.4. The van der Waals surface area contributed by atoms with Gasteiger partial charge in [0.25, 0.3) is 0 Å². The van der Waals surface area contributed by atoms with E-state index in [0.717, 1.165) is 71.2 Å². The second-order valence-electron chi connectivity index (χ2n) is 8.98. The van der Waals surface area contributed by atoms with Crippen molar-refractivity contribution in [2.45, 2.75) is 53.1 Å². The molecule has 184 valence electrons. The van der Waals surface area contributed by atoms with Crippen molar-refractivity contribution in [3.05, 3.63) is 0 Å². The second kappa shape index (κ2) is 15.9. The van der Waals surface area contributed by atoms with Crippen molar-refractivity contribution in [2.24, 2.45) is 10.9 Å². The Morgan fingerprint density at radius 1 is 1.19 bits per heavy atom. The van der Waals surface area contributed by atoms with Crippen LogP contribution in [0, 0.1) is 5.92 Å². The smallest absolute Gasteiger partial charge is 0.410 e. The topological polar surface area (TPSA) is 69.6 Å². The Balaban J connectivity index is 0.00000900. The van der Waals surface area contributed by atoms with Gasteiger partial charge in [0.05, 0.1) is 13.2 Å². The SMILES string of the molecule is CCNC(=NCCN(C)CCOC)N1CCC(CN(CC)C(=O)OC(C)(C)C)CC1.I. The number of carbonyl (C=O) groups is 1. The van der Waals surface area contributed by atoms with Gasteiger partial charge < -0.3 is 29.5 Å². The summed E-state index contributed by atoms with van der Waals surface area (Å²) in [4.78, 5) is 23.6. The van der Waals surface area contributed by atoms with E-state index in [1.165, 1.54) is 0 Å². The number of likely N-dealkylation sites (N-methyl/N-ethyl adjacent to an activating group) is 1. The number of aliphatic imine (C=N–C) groups is 1. The number of amides is 1. The first-order valence-corrected chi connectivity index (χ1v) is 11.4.